The predicted molar refractivity (Wildman–Crippen MR) is 107 cm³/mol. The van der Waals surface area contributed by atoms with Gasteiger partial charge >= 0.3 is 0 Å². The predicted octanol–water partition coefficient (Wildman–Crippen LogP) is 2.65. The number of hydrogen-bond donors (Lipinski definition) is 1. The van der Waals surface area contributed by atoms with Gasteiger partial charge in [-0.2, -0.15) is 10.2 Å². The molecule has 8 heteroatoms. The number of aryl methyl sites for hydroxylation is 1. The van der Waals surface area contributed by atoms with Crippen molar-refractivity contribution in [1.82, 2.24) is 29.9 Å². The first-order valence-corrected chi connectivity index (χ1v) is 9.12. The van der Waals surface area contributed by atoms with Crippen LogP contribution in [0.15, 0.2) is 42.9 Å². The maximum Gasteiger partial charge on any atom is 0.130 e. The van der Waals surface area contributed by atoms with Crippen molar-refractivity contribution < 1.29 is 8.85 Å². The van der Waals surface area contributed by atoms with Crippen LogP contribution in [0.3, 0.4) is 0 Å². The average Bonchev–Trinajstić information content (AvgIpc) is 3.45. The van der Waals surface area contributed by atoms with Gasteiger partial charge in [-0.15, -0.1) is 0 Å². The first-order valence-electron chi connectivity index (χ1n) is 10.6. The number of morpholine rings is 1. The number of H-pyrrole nitrogens is 1. The van der Waals surface area contributed by atoms with E-state index in [0.29, 0.717) is 36.7 Å². The van der Waals surface area contributed by atoms with E-state index in [4.69, 9.17) is 13.8 Å². The van der Waals surface area contributed by atoms with Crippen LogP contribution in [0.1, 0.15) is 11.0 Å². The second kappa shape index (κ2) is 6.72. The van der Waals surface area contributed by atoms with Crippen LogP contribution in [0.2, 0.25) is 0 Å². The standard InChI is InChI=1S/C20H21N7O/c1-13-12-28-10-9-27(13)18-11-15(17-5-8-23-26(17)2)14-3-6-21-20(19(14)24-18)16-4-7-22-25-16/h3-8,11,13H,9-10,12H2,1-2H3,(H,22,25)/t13-/m1/s1/i2D3. The van der Waals surface area contributed by atoms with Gasteiger partial charge in [-0.3, -0.25) is 14.8 Å². The zero-order valence-corrected chi connectivity index (χ0v) is 15.3. The SMILES string of the molecule is [2H]C([2H])([2H])n1nccc1-c1cc(N2CCOC[C@H]2C)nc2c(-c3ccn[nH]3)nccc12. The number of ether oxygens (including phenoxy) is 1. The summed E-state index contributed by atoms with van der Waals surface area (Å²) in [5.74, 6) is 0.741. The highest BCUT2D eigenvalue weighted by Crippen LogP contribution is 2.35. The minimum absolute atomic E-state index is 0.131. The van der Waals surface area contributed by atoms with Gasteiger partial charge in [-0.1, -0.05) is 0 Å². The molecule has 5 rings (SSSR count). The monoisotopic (exact) mass is 378 g/mol. The summed E-state index contributed by atoms with van der Waals surface area (Å²) in [6.45, 7) is 1.57. The molecule has 28 heavy (non-hydrogen) atoms. The third-order valence-electron chi connectivity index (χ3n) is 5.05. The zero-order chi connectivity index (χ0) is 21.6. The lowest BCUT2D eigenvalue weighted by Crippen LogP contribution is -2.44. The van der Waals surface area contributed by atoms with E-state index in [-0.39, 0.29) is 6.04 Å². The maximum atomic E-state index is 7.89. The number of anilines is 1. The molecule has 0 radical (unpaired) electrons. The summed E-state index contributed by atoms with van der Waals surface area (Å²) in [7, 11) is 0. The molecule has 1 saturated heterocycles. The normalized spacial score (nSPS) is 19.4. The first kappa shape index (κ1) is 13.8. The van der Waals surface area contributed by atoms with Gasteiger partial charge in [-0.05, 0) is 31.2 Å². The molecule has 0 aliphatic carbocycles. The second-order valence-electron chi connectivity index (χ2n) is 6.80. The third kappa shape index (κ3) is 2.73. The van der Waals surface area contributed by atoms with E-state index < -0.39 is 6.98 Å². The fourth-order valence-corrected chi connectivity index (χ4v) is 3.66. The lowest BCUT2D eigenvalue weighted by atomic mass is 10.0. The van der Waals surface area contributed by atoms with Crippen molar-refractivity contribution in [2.45, 2.75) is 13.0 Å². The number of rotatable bonds is 3. The van der Waals surface area contributed by atoms with Crippen molar-refractivity contribution in [2.24, 2.45) is 6.98 Å². The van der Waals surface area contributed by atoms with Crippen LogP contribution in [0.25, 0.3) is 33.5 Å². The lowest BCUT2D eigenvalue weighted by molar-refractivity contribution is 0.0986. The topological polar surface area (TPSA) is 84.8 Å². The Hall–Kier alpha value is -3.26. The molecule has 0 spiro atoms. The smallest absolute Gasteiger partial charge is 0.130 e. The van der Waals surface area contributed by atoms with Crippen molar-refractivity contribution in [2.75, 3.05) is 24.7 Å². The molecule has 1 fully saturated rings. The van der Waals surface area contributed by atoms with E-state index in [1.165, 1.54) is 6.20 Å². The highest BCUT2D eigenvalue weighted by atomic mass is 16.5. The van der Waals surface area contributed by atoms with Crippen LogP contribution in [0.5, 0.6) is 0 Å². The van der Waals surface area contributed by atoms with Gasteiger partial charge in [0.25, 0.3) is 0 Å². The average molecular weight is 378 g/mol. The Bertz CT molecular complexity index is 1220. The fourth-order valence-electron chi connectivity index (χ4n) is 3.66. The minimum atomic E-state index is -2.40. The Balaban J connectivity index is 1.80. The maximum absolute atomic E-state index is 7.89. The van der Waals surface area contributed by atoms with E-state index in [1.54, 1.807) is 18.5 Å². The van der Waals surface area contributed by atoms with Crippen molar-refractivity contribution in [3.8, 4) is 22.6 Å². The van der Waals surface area contributed by atoms with Gasteiger partial charge in [0, 0.05) is 47.2 Å². The Labute approximate surface area is 166 Å². The molecule has 142 valence electrons. The quantitative estimate of drug-likeness (QED) is 0.590. The van der Waals surface area contributed by atoms with Gasteiger partial charge in [0.2, 0.25) is 0 Å². The molecule has 5 heterocycles. The summed E-state index contributed by atoms with van der Waals surface area (Å²) < 4.78 is 30.3. The highest BCUT2D eigenvalue weighted by molar-refractivity contribution is 6.01. The van der Waals surface area contributed by atoms with Crippen molar-refractivity contribution in [3.05, 3.63) is 42.9 Å². The molecule has 0 unspecified atom stereocenters. The van der Waals surface area contributed by atoms with Crippen molar-refractivity contribution in [3.63, 3.8) is 0 Å². The molecule has 0 bridgehead atoms. The van der Waals surface area contributed by atoms with E-state index in [1.807, 2.05) is 18.2 Å². The highest BCUT2D eigenvalue weighted by Gasteiger charge is 2.23. The molecule has 0 aromatic carbocycles. The second-order valence-corrected chi connectivity index (χ2v) is 6.80. The number of aromatic nitrogens is 6. The molecule has 0 saturated carbocycles. The van der Waals surface area contributed by atoms with Crippen LogP contribution in [-0.2, 0) is 11.7 Å². The molecule has 1 aliphatic heterocycles. The fraction of sp³-hybridized carbons (Fsp3) is 0.300. The van der Waals surface area contributed by atoms with Crippen LogP contribution in [0.4, 0.5) is 5.82 Å². The molecular formula is C20H21N7O. The van der Waals surface area contributed by atoms with Crippen LogP contribution in [-0.4, -0.2) is 55.7 Å². The van der Waals surface area contributed by atoms with E-state index >= 15 is 0 Å². The summed E-state index contributed by atoms with van der Waals surface area (Å²) in [6.07, 6.45) is 4.85. The van der Waals surface area contributed by atoms with Crippen molar-refractivity contribution >= 4 is 16.7 Å². The first-order chi connectivity index (χ1) is 14.9. The lowest BCUT2D eigenvalue weighted by Gasteiger charge is -2.34. The summed E-state index contributed by atoms with van der Waals surface area (Å²) in [4.78, 5) is 11.7. The van der Waals surface area contributed by atoms with Gasteiger partial charge in [0.15, 0.2) is 0 Å². The van der Waals surface area contributed by atoms with Crippen LogP contribution in [0, 0.1) is 0 Å². The molecule has 0 amide bonds. The molecule has 1 atom stereocenters. The number of fused-ring (bicyclic) bond motifs is 1. The summed E-state index contributed by atoms with van der Waals surface area (Å²) in [5, 5.41) is 11.8. The summed E-state index contributed by atoms with van der Waals surface area (Å²) >= 11 is 0. The van der Waals surface area contributed by atoms with Crippen LogP contribution >= 0.6 is 0 Å². The number of pyridine rings is 2. The van der Waals surface area contributed by atoms with Crippen molar-refractivity contribution in [1.29, 1.82) is 0 Å². The van der Waals surface area contributed by atoms with Crippen LogP contribution < -0.4 is 4.90 Å². The Morgan fingerprint density at radius 3 is 3.04 bits per heavy atom. The number of hydrogen-bond acceptors (Lipinski definition) is 6. The third-order valence-corrected chi connectivity index (χ3v) is 5.05. The molecular weight excluding hydrogens is 354 g/mol. The number of aromatic amines is 1. The van der Waals surface area contributed by atoms with E-state index in [9.17, 15) is 0 Å². The molecule has 1 N–H and O–H groups in total. The van der Waals surface area contributed by atoms with E-state index in [0.717, 1.165) is 27.1 Å². The Kier molecular flexibility index (Phi) is 3.32. The zero-order valence-electron chi connectivity index (χ0n) is 18.3. The summed E-state index contributed by atoms with van der Waals surface area (Å²) in [5.41, 5.74) is 3.28. The van der Waals surface area contributed by atoms with Gasteiger partial charge in [0.1, 0.15) is 17.0 Å². The number of nitrogens with zero attached hydrogens (tertiary/aromatic N) is 6. The van der Waals surface area contributed by atoms with Gasteiger partial charge in [0.05, 0.1) is 30.6 Å². The summed E-state index contributed by atoms with van der Waals surface area (Å²) in [6, 6.07) is 7.46. The molecule has 8 nitrogen and oxygen atoms in total. The molecule has 4 aromatic heterocycles. The minimum Gasteiger partial charge on any atom is -0.377 e. The largest absolute Gasteiger partial charge is 0.377 e. The number of nitrogens with one attached hydrogen (secondary N) is 1. The Morgan fingerprint density at radius 2 is 2.21 bits per heavy atom. The van der Waals surface area contributed by atoms with Gasteiger partial charge in [-0.25, -0.2) is 4.98 Å². The van der Waals surface area contributed by atoms with E-state index in [2.05, 4.69) is 32.1 Å². The van der Waals surface area contributed by atoms with Gasteiger partial charge < -0.3 is 9.64 Å². The molecule has 1 aliphatic rings. The molecule has 4 aromatic rings. The Morgan fingerprint density at radius 1 is 1.25 bits per heavy atom.